The second-order valence-electron chi connectivity index (χ2n) is 5.88. The average Bonchev–Trinajstić information content (AvgIpc) is 2.51. The number of hydrogen-bond donors (Lipinski definition) is 2. The van der Waals surface area contributed by atoms with Crippen LogP contribution in [0.25, 0.3) is 0 Å². The molecule has 1 aromatic rings. The third kappa shape index (κ3) is 3.19. The summed E-state index contributed by atoms with van der Waals surface area (Å²) < 4.78 is 10.9. The van der Waals surface area contributed by atoms with Gasteiger partial charge >= 0.3 is 0 Å². The van der Waals surface area contributed by atoms with Gasteiger partial charge in [-0.05, 0) is 31.5 Å². The second kappa shape index (κ2) is 7.01. The van der Waals surface area contributed by atoms with Crippen LogP contribution in [0.3, 0.4) is 0 Å². The number of fused-ring (bicyclic) bond motifs is 1. The largest absolute Gasteiger partial charge is 0.493 e. The lowest BCUT2D eigenvalue weighted by Crippen LogP contribution is -3.14. The molecular formula is C17H27N2O3+. The molecule has 2 N–H and O–H groups in total. The van der Waals surface area contributed by atoms with Gasteiger partial charge in [0, 0.05) is 18.9 Å². The number of carbonyl (C=O) groups excluding carboxylic acids is 1. The Morgan fingerprint density at radius 1 is 1.36 bits per heavy atom. The summed E-state index contributed by atoms with van der Waals surface area (Å²) in [6.45, 7) is 7.93. The molecule has 1 aliphatic heterocycles. The fraction of sp³-hybridized carbons (Fsp3) is 0.588. The topological polar surface area (TPSA) is 52.0 Å². The number of amides is 1. The number of rotatable bonds is 5. The van der Waals surface area contributed by atoms with Crippen LogP contribution in [-0.4, -0.2) is 39.3 Å². The summed E-state index contributed by atoms with van der Waals surface area (Å²) in [5.74, 6) is 1.53. The van der Waals surface area contributed by atoms with E-state index in [0.717, 1.165) is 31.0 Å². The van der Waals surface area contributed by atoms with E-state index in [2.05, 4.69) is 31.3 Å². The van der Waals surface area contributed by atoms with E-state index < -0.39 is 0 Å². The highest BCUT2D eigenvalue weighted by Crippen LogP contribution is 2.34. The molecular weight excluding hydrogens is 280 g/mol. The molecule has 0 spiro atoms. The van der Waals surface area contributed by atoms with Crippen LogP contribution in [-0.2, 0) is 11.2 Å². The normalized spacial score (nSPS) is 21.7. The Bertz CT molecular complexity index is 545. The summed E-state index contributed by atoms with van der Waals surface area (Å²) in [7, 11) is 3.32. The van der Waals surface area contributed by atoms with Crippen molar-refractivity contribution in [2.45, 2.75) is 39.3 Å². The van der Waals surface area contributed by atoms with Gasteiger partial charge in [-0.3, -0.25) is 4.79 Å². The number of carbonyl (C=O) groups is 1. The van der Waals surface area contributed by atoms with Crippen molar-refractivity contribution in [3.8, 4) is 11.5 Å². The lowest BCUT2D eigenvalue weighted by molar-refractivity contribution is -0.933. The summed E-state index contributed by atoms with van der Waals surface area (Å²) in [6, 6.07) is 4.46. The highest BCUT2D eigenvalue weighted by atomic mass is 16.5. The highest BCUT2D eigenvalue weighted by Gasteiger charge is 2.35. The van der Waals surface area contributed by atoms with E-state index in [1.54, 1.807) is 21.1 Å². The van der Waals surface area contributed by atoms with Crippen molar-refractivity contribution < 1.29 is 19.2 Å². The van der Waals surface area contributed by atoms with Gasteiger partial charge in [0.15, 0.2) is 11.5 Å². The van der Waals surface area contributed by atoms with Crippen LogP contribution in [0.5, 0.6) is 11.5 Å². The molecule has 0 aromatic heterocycles. The van der Waals surface area contributed by atoms with Crippen molar-refractivity contribution in [1.29, 1.82) is 0 Å². The van der Waals surface area contributed by atoms with E-state index in [4.69, 9.17) is 9.47 Å². The Labute approximate surface area is 132 Å². The monoisotopic (exact) mass is 307 g/mol. The van der Waals surface area contributed by atoms with Gasteiger partial charge < -0.3 is 19.7 Å². The molecule has 3 atom stereocenters. The first kappa shape index (κ1) is 16.6. The number of nitrogens with one attached hydrogen (secondary N) is 2. The molecule has 0 saturated carbocycles. The van der Waals surface area contributed by atoms with Crippen LogP contribution in [0.4, 0.5) is 0 Å². The quantitative estimate of drug-likeness (QED) is 0.843. The Morgan fingerprint density at radius 2 is 2.00 bits per heavy atom. The van der Waals surface area contributed by atoms with Crippen molar-refractivity contribution in [2.75, 3.05) is 27.3 Å². The number of ether oxygens (including phenoxy) is 2. The van der Waals surface area contributed by atoms with Crippen molar-refractivity contribution in [1.82, 2.24) is 5.32 Å². The standard InChI is InChI=1S/C17H26N2O3/c1-6-19-8-7-13-9-15(21-4)16(22-5)10-14(13)17(19)11(2)18-12(3)20/h9-11,17H,6-8H2,1-5H3,(H,18,20)/p+1/t11-,17+/m1/s1. The molecule has 0 radical (unpaired) electrons. The molecule has 1 aromatic carbocycles. The van der Waals surface area contributed by atoms with Crippen molar-refractivity contribution in [2.24, 2.45) is 0 Å². The van der Waals surface area contributed by atoms with Crippen LogP contribution in [0.15, 0.2) is 12.1 Å². The average molecular weight is 307 g/mol. The molecule has 5 heteroatoms. The second-order valence-corrected chi connectivity index (χ2v) is 5.88. The molecule has 2 rings (SSSR count). The van der Waals surface area contributed by atoms with E-state index in [9.17, 15) is 4.79 Å². The van der Waals surface area contributed by atoms with E-state index in [1.807, 2.05) is 0 Å². The predicted molar refractivity (Wildman–Crippen MR) is 85.6 cm³/mol. The molecule has 1 unspecified atom stereocenters. The number of methoxy groups -OCH3 is 2. The number of likely N-dealkylation sites (N-methyl/N-ethyl adjacent to an activating group) is 1. The SMILES string of the molecule is CC[NH+]1CCc2cc(OC)c(OC)cc2[C@@H]1[C@@H](C)NC(C)=O. The molecule has 0 fully saturated rings. The Morgan fingerprint density at radius 3 is 2.55 bits per heavy atom. The number of benzene rings is 1. The molecule has 22 heavy (non-hydrogen) atoms. The third-order valence-corrected chi connectivity index (χ3v) is 4.52. The van der Waals surface area contributed by atoms with Crippen LogP contribution in [0.2, 0.25) is 0 Å². The fourth-order valence-electron chi connectivity index (χ4n) is 3.54. The van der Waals surface area contributed by atoms with Crippen molar-refractivity contribution >= 4 is 5.91 Å². The van der Waals surface area contributed by atoms with Crippen molar-refractivity contribution in [3.63, 3.8) is 0 Å². The van der Waals surface area contributed by atoms with Crippen LogP contribution < -0.4 is 19.7 Å². The van der Waals surface area contributed by atoms with E-state index in [0.29, 0.717) is 0 Å². The van der Waals surface area contributed by atoms with E-state index in [-0.39, 0.29) is 18.0 Å². The molecule has 1 aliphatic rings. The smallest absolute Gasteiger partial charge is 0.217 e. The van der Waals surface area contributed by atoms with Crippen LogP contribution in [0.1, 0.15) is 37.9 Å². The predicted octanol–water partition coefficient (Wildman–Crippen LogP) is 0.730. The van der Waals surface area contributed by atoms with Crippen LogP contribution in [0, 0.1) is 0 Å². The third-order valence-electron chi connectivity index (χ3n) is 4.52. The molecule has 122 valence electrons. The molecule has 0 aliphatic carbocycles. The fourth-order valence-corrected chi connectivity index (χ4v) is 3.54. The zero-order chi connectivity index (χ0) is 16.3. The zero-order valence-corrected chi connectivity index (χ0v) is 14.2. The van der Waals surface area contributed by atoms with Gasteiger partial charge in [0.2, 0.25) is 5.91 Å². The minimum Gasteiger partial charge on any atom is -0.493 e. The van der Waals surface area contributed by atoms with E-state index >= 15 is 0 Å². The summed E-state index contributed by atoms with van der Waals surface area (Å²) >= 11 is 0. The minimum atomic E-state index is 0.00977. The first-order valence-electron chi connectivity index (χ1n) is 7.88. The van der Waals surface area contributed by atoms with Gasteiger partial charge in [0.25, 0.3) is 0 Å². The van der Waals surface area contributed by atoms with Gasteiger partial charge in [-0.25, -0.2) is 0 Å². The summed E-state index contributed by atoms with van der Waals surface area (Å²) in [6.07, 6.45) is 1.02. The van der Waals surface area contributed by atoms with Gasteiger partial charge in [-0.1, -0.05) is 0 Å². The Kier molecular flexibility index (Phi) is 5.29. The first-order valence-corrected chi connectivity index (χ1v) is 7.88. The van der Waals surface area contributed by atoms with E-state index in [1.165, 1.54) is 16.0 Å². The molecule has 0 saturated heterocycles. The Hall–Kier alpha value is -1.75. The van der Waals surface area contributed by atoms with Gasteiger partial charge in [-0.15, -0.1) is 0 Å². The molecule has 0 bridgehead atoms. The first-order chi connectivity index (χ1) is 10.5. The van der Waals surface area contributed by atoms with Gasteiger partial charge in [0.05, 0.1) is 33.4 Å². The van der Waals surface area contributed by atoms with Crippen molar-refractivity contribution in [3.05, 3.63) is 23.3 Å². The molecule has 1 amide bonds. The summed E-state index contributed by atoms with van der Waals surface area (Å²) in [4.78, 5) is 12.9. The maximum atomic E-state index is 11.5. The number of quaternary nitrogens is 1. The summed E-state index contributed by atoms with van der Waals surface area (Å²) in [5.41, 5.74) is 2.54. The molecule has 1 heterocycles. The maximum absolute atomic E-state index is 11.5. The summed E-state index contributed by atoms with van der Waals surface area (Å²) in [5, 5.41) is 3.05. The van der Waals surface area contributed by atoms with Crippen LogP contribution >= 0.6 is 0 Å². The molecule has 5 nitrogen and oxygen atoms in total. The minimum absolute atomic E-state index is 0.00977. The van der Waals surface area contributed by atoms with Gasteiger partial charge in [-0.2, -0.15) is 0 Å². The number of hydrogen-bond acceptors (Lipinski definition) is 3. The highest BCUT2D eigenvalue weighted by molar-refractivity contribution is 5.73. The maximum Gasteiger partial charge on any atom is 0.217 e. The zero-order valence-electron chi connectivity index (χ0n) is 14.2. The Balaban J connectivity index is 2.46. The lowest BCUT2D eigenvalue weighted by Gasteiger charge is -2.37. The lowest BCUT2D eigenvalue weighted by atomic mass is 9.88. The van der Waals surface area contributed by atoms with Gasteiger partial charge in [0.1, 0.15) is 6.04 Å².